The zero-order chi connectivity index (χ0) is 27.1. The maximum Gasteiger partial charge on any atom is 0.416 e. The molecule has 1 aromatic heterocycles. The van der Waals surface area contributed by atoms with Crippen molar-refractivity contribution in [3.63, 3.8) is 0 Å². The molecule has 0 atom stereocenters. The van der Waals surface area contributed by atoms with Crippen LogP contribution in [0, 0.1) is 5.92 Å². The second kappa shape index (κ2) is 11.8. The molecule has 38 heavy (non-hydrogen) atoms. The lowest BCUT2D eigenvalue weighted by Gasteiger charge is -2.31. The van der Waals surface area contributed by atoms with Gasteiger partial charge >= 0.3 is 18.2 Å². The zero-order valence-electron chi connectivity index (χ0n) is 20.2. The van der Waals surface area contributed by atoms with Crippen LogP contribution in [0.5, 0.6) is 23.1 Å². The van der Waals surface area contributed by atoms with Crippen LogP contribution in [0.25, 0.3) is 0 Å². The third kappa shape index (κ3) is 7.61. The molecule has 2 heterocycles. The second-order valence-electron chi connectivity index (χ2n) is 8.78. The Morgan fingerprint density at radius 3 is 2.21 bits per heavy atom. The number of nitrogens with zero attached hydrogens (tertiary/aromatic N) is 2. The van der Waals surface area contributed by atoms with Crippen LogP contribution in [-0.4, -0.2) is 46.7 Å². The number of alkyl halides is 3. The van der Waals surface area contributed by atoms with Crippen LogP contribution in [0.2, 0.25) is 0 Å². The van der Waals surface area contributed by atoms with Crippen LogP contribution in [0.15, 0.2) is 66.9 Å². The van der Waals surface area contributed by atoms with Gasteiger partial charge in [0.2, 0.25) is 5.88 Å². The number of ether oxygens (including phenoxy) is 3. The van der Waals surface area contributed by atoms with Gasteiger partial charge in [-0.05, 0) is 66.8 Å². The van der Waals surface area contributed by atoms with Crippen molar-refractivity contribution in [3.8, 4) is 23.1 Å². The molecule has 2 aromatic carbocycles. The fourth-order valence-electron chi connectivity index (χ4n) is 3.88. The summed E-state index contributed by atoms with van der Waals surface area (Å²) in [7, 11) is 0. The molecule has 1 aliphatic heterocycles. The van der Waals surface area contributed by atoms with Crippen molar-refractivity contribution in [3.05, 3.63) is 78.0 Å². The van der Waals surface area contributed by atoms with Gasteiger partial charge in [-0.15, -0.1) is 0 Å². The van der Waals surface area contributed by atoms with Crippen LogP contribution >= 0.6 is 0 Å². The van der Waals surface area contributed by atoms with E-state index in [9.17, 15) is 22.8 Å². The summed E-state index contributed by atoms with van der Waals surface area (Å²) in [4.78, 5) is 28.7. The van der Waals surface area contributed by atoms with E-state index in [2.05, 4.69) is 4.98 Å². The lowest BCUT2D eigenvalue weighted by molar-refractivity contribution is -0.138. The molecule has 1 amide bonds. The third-order valence-electron chi connectivity index (χ3n) is 5.95. The van der Waals surface area contributed by atoms with Crippen LogP contribution < -0.4 is 14.2 Å². The normalized spacial score (nSPS) is 14.1. The molecular formula is C27H25F3N2O6. The molecule has 3 aromatic rings. The van der Waals surface area contributed by atoms with E-state index >= 15 is 0 Å². The average molecular weight is 530 g/mol. The molecule has 0 saturated carbocycles. The minimum atomic E-state index is -4.50. The Kier molecular flexibility index (Phi) is 8.35. The predicted molar refractivity (Wildman–Crippen MR) is 129 cm³/mol. The Bertz CT molecular complexity index is 1240. The van der Waals surface area contributed by atoms with Gasteiger partial charge < -0.3 is 24.2 Å². The van der Waals surface area contributed by atoms with E-state index in [0.717, 1.165) is 31.2 Å². The summed E-state index contributed by atoms with van der Waals surface area (Å²) in [6.07, 6.45) is -2.54. The quantitative estimate of drug-likeness (QED) is 0.393. The van der Waals surface area contributed by atoms with Crippen LogP contribution in [0.1, 0.15) is 24.0 Å². The fourth-order valence-corrected chi connectivity index (χ4v) is 3.88. The highest BCUT2D eigenvalue weighted by atomic mass is 19.4. The van der Waals surface area contributed by atoms with Crippen molar-refractivity contribution in [2.45, 2.75) is 25.4 Å². The number of amides is 1. The second-order valence-corrected chi connectivity index (χ2v) is 8.78. The van der Waals surface area contributed by atoms with Gasteiger partial charge in [0, 0.05) is 25.4 Å². The summed E-state index contributed by atoms with van der Waals surface area (Å²) in [6, 6.07) is 14.5. The Morgan fingerprint density at radius 2 is 1.58 bits per heavy atom. The molecular weight excluding hydrogens is 505 g/mol. The smallest absolute Gasteiger partial charge is 0.416 e. The molecule has 0 aliphatic carbocycles. The number of rotatable bonds is 8. The lowest BCUT2D eigenvalue weighted by atomic mass is 9.98. The Hall–Kier alpha value is -4.28. The number of halogens is 3. The van der Waals surface area contributed by atoms with Gasteiger partial charge in [-0.1, -0.05) is 12.1 Å². The summed E-state index contributed by atoms with van der Waals surface area (Å²) in [5.41, 5.74) is -0.165. The number of carbonyl (C=O) groups is 2. The van der Waals surface area contributed by atoms with Crippen LogP contribution in [0.4, 0.5) is 18.0 Å². The molecule has 1 saturated heterocycles. The maximum atomic E-state index is 12.9. The first kappa shape index (κ1) is 26.8. The van der Waals surface area contributed by atoms with Crippen molar-refractivity contribution in [1.82, 2.24) is 9.88 Å². The summed E-state index contributed by atoms with van der Waals surface area (Å²) in [5, 5.41) is 8.84. The molecule has 0 spiro atoms. The zero-order valence-corrected chi connectivity index (χ0v) is 20.2. The molecule has 4 rings (SSSR count). The van der Waals surface area contributed by atoms with Gasteiger partial charge in [0.1, 0.15) is 17.2 Å². The van der Waals surface area contributed by atoms with Gasteiger partial charge in [0.15, 0.2) is 0 Å². The van der Waals surface area contributed by atoms with E-state index in [-0.39, 0.29) is 29.7 Å². The summed E-state index contributed by atoms with van der Waals surface area (Å²) in [5.74, 6) is 0.356. The van der Waals surface area contributed by atoms with Gasteiger partial charge in [0.25, 0.3) is 0 Å². The first-order chi connectivity index (χ1) is 18.2. The van der Waals surface area contributed by atoms with Crippen molar-refractivity contribution in [2.24, 2.45) is 5.92 Å². The van der Waals surface area contributed by atoms with Crippen molar-refractivity contribution in [2.75, 3.05) is 19.7 Å². The number of carboxylic acids is 1. The largest absolute Gasteiger partial charge is 0.493 e. The SMILES string of the molecule is O=C(O)Cc1ccc(OCC2CCN(C(=O)Oc3ccc(Oc4cc(C(F)(F)F)ccn4)cc3)CC2)cc1. The molecule has 8 nitrogen and oxygen atoms in total. The minimum Gasteiger partial charge on any atom is -0.493 e. The molecule has 1 aliphatic rings. The van der Waals surface area contributed by atoms with Gasteiger partial charge in [-0.25, -0.2) is 9.78 Å². The number of aliphatic carboxylic acids is 1. The van der Waals surface area contributed by atoms with Gasteiger partial charge in [0.05, 0.1) is 18.6 Å². The molecule has 200 valence electrons. The highest BCUT2D eigenvalue weighted by Gasteiger charge is 2.31. The minimum absolute atomic E-state index is 0.0376. The summed E-state index contributed by atoms with van der Waals surface area (Å²) >= 11 is 0. The van der Waals surface area contributed by atoms with E-state index in [1.165, 1.54) is 24.3 Å². The lowest BCUT2D eigenvalue weighted by Crippen LogP contribution is -2.41. The third-order valence-corrected chi connectivity index (χ3v) is 5.95. The van der Waals surface area contributed by atoms with Crippen LogP contribution in [0.3, 0.4) is 0 Å². The summed E-state index contributed by atoms with van der Waals surface area (Å²) in [6.45, 7) is 1.50. The van der Waals surface area contributed by atoms with Crippen molar-refractivity contribution < 1.29 is 42.1 Å². The van der Waals surface area contributed by atoms with E-state index in [1.54, 1.807) is 29.2 Å². The van der Waals surface area contributed by atoms with E-state index in [0.29, 0.717) is 31.0 Å². The van der Waals surface area contributed by atoms with Crippen LogP contribution in [-0.2, 0) is 17.4 Å². The first-order valence-corrected chi connectivity index (χ1v) is 11.9. The van der Waals surface area contributed by atoms with Gasteiger partial charge in [-0.2, -0.15) is 13.2 Å². The monoisotopic (exact) mass is 530 g/mol. The van der Waals surface area contributed by atoms with Crippen molar-refractivity contribution in [1.29, 1.82) is 0 Å². The average Bonchev–Trinajstić information content (AvgIpc) is 2.89. The number of piperidine rings is 1. The standard InChI is InChI=1S/C27H25F3N2O6/c28-27(29,30)20-9-12-31-24(16-20)37-22-5-7-23(8-6-22)38-26(35)32-13-10-19(11-14-32)17-36-21-3-1-18(2-4-21)15-25(33)34/h1-9,12,16,19H,10-11,13-15,17H2,(H,33,34). The number of hydrogen-bond donors (Lipinski definition) is 1. The number of pyridine rings is 1. The molecule has 0 radical (unpaired) electrons. The summed E-state index contributed by atoms with van der Waals surface area (Å²) < 4.78 is 55.2. The molecule has 1 fully saturated rings. The molecule has 0 bridgehead atoms. The topological polar surface area (TPSA) is 98.2 Å². The number of carbonyl (C=O) groups excluding carboxylic acids is 1. The number of likely N-dealkylation sites (tertiary alicyclic amines) is 1. The van der Waals surface area contributed by atoms with Crippen molar-refractivity contribution >= 4 is 12.1 Å². The Labute approximate surface area is 216 Å². The Balaban J connectivity index is 1.21. The maximum absolute atomic E-state index is 12.9. The highest BCUT2D eigenvalue weighted by molar-refractivity contribution is 5.71. The van der Waals surface area contributed by atoms with E-state index in [4.69, 9.17) is 19.3 Å². The number of hydrogen-bond acceptors (Lipinski definition) is 6. The predicted octanol–water partition coefficient (Wildman–Crippen LogP) is 5.81. The van der Waals surface area contributed by atoms with E-state index < -0.39 is 23.8 Å². The highest BCUT2D eigenvalue weighted by Crippen LogP contribution is 2.32. The number of aromatic nitrogens is 1. The van der Waals surface area contributed by atoms with Gasteiger partial charge in [-0.3, -0.25) is 4.79 Å². The fraction of sp³-hybridized carbons (Fsp3) is 0.296. The molecule has 11 heteroatoms. The number of carboxylic acid groups (broad SMARTS) is 1. The Morgan fingerprint density at radius 1 is 0.947 bits per heavy atom. The first-order valence-electron chi connectivity index (χ1n) is 11.9. The van der Waals surface area contributed by atoms with E-state index in [1.807, 2.05) is 0 Å². The number of benzene rings is 2. The molecule has 1 N–H and O–H groups in total. The molecule has 0 unspecified atom stereocenters.